The first-order valence-electron chi connectivity index (χ1n) is 9.68. The van der Waals surface area contributed by atoms with Crippen LogP contribution in [-0.2, 0) is 17.8 Å². The Kier molecular flexibility index (Phi) is 10.3. The van der Waals surface area contributed by atoms with Gasteiger partial charge in [0, 0.05) is 41.7 Å². The summed E-state index contributed by atoms with van der Waals surface area (Å²) in [5.41, 5.74) is 6.81. The van der Waals surface area contributed by atoms with Gasteiger partial charge in [-0.15, -0.1) is 6.58 Å². The Bertz CT molecular complexity index is 866. The molecule has 1 aromatic heterocycles. The molecule has 158 valence electrons. The monoisotopic (exact) mass is 399 g/mol. The third-order valence-corrected chi connectivity index (χ3v) is 4.35. The third kappa shape index (κ3) is 7.16. The van der Waals surface area contributed by atoms with Crippen LogP contribution in [0.25, 0.3) is 10.9 Å². The second-order valence-corrected chi connectivity index (χ2v) is 6.60. The number of fused-ring (bicyclic) bond motifs is 1. The molecular weight excluding hydrogens is 366 g/mol. The van der Waals surface area contributed by atoms with Crippen molar-refractivity contribution in [3.63, 3.8) is 0 Å². The Labute approximate surface area is 173 Å². The van der Waals surface area contributed by atoms with Gasteiger partial charge in [0.2, 0.25) is 0 Å². The highest BCUT2D eigenvalue weighted by molar-refractivity contribution is 5.87. The molecule has 0 aliphatic heterocycles. The summed E-state index contributed by atoms with van der Waals surface area (Å²) in [7, 11) is 0. The standard InChI is InChI=1S/C20H27N3O3.C3H6/c1-4-5-10-23-15(3)17(12-14(2)22-21)18-13-16(8-9-19(18)23)26-11-6-7-20(24)25;1-3-2/h4-5,8-9,13,22H,2,6-7,10-12,21H2,1,3H3,(H,24,25);3H,1H2,2H3/b5-4+;. The molecule has 0 radical (unpaired) electrons. The number of hydrogen-bond acceptors (Lipinski definition) is 4. The quantitative estimate of drug-likeness (QED) is 0.237. The molecule has 0 unspecified atom stereocenters. The molecule has 0 atom stereocenters. The van der Waals surface area contributed by atoms with Gasteiger partial charge in [-0.3, -0.25) is 10.6 Å². The maximum atomic E-state index is 10.6. The number of aromatic nitrogens is 1. The van der Waals surface area contributed by atoms with Crippen LogP contribution in [0.4, 0.5) is 0 Å². The third-order valence-electron chi connectivity index (χ3n) is 4.35. The zero-order chi connectivity index (χ0) is 21.8. The maximum absolute atomic E-state index is 10.6. The van der Waals surface area contributed by atoms with Gasteiger partial charge in [0.15, 0.2) is 0 Å². The van der Waals surface area contributed by atoms with E-state index in [9.17, 15) is 4.79 Å². The van der Waals surface area contributed by atoms with Gasteiger partial charge in [-0.1, -0.05) is 24.8 Å². The number of carboxylic acid groups (broad SMARTS) is 1. The van der Waals surface area contributed by atoms with Crippen LogP contribution < -0.4 is 16.0 Å². The fraction of sp³-hybridized carbons (Fsp3) is 0.348. The van der Waals surface area contributed by atoms with Crippen molar-refractivity contribution in [2.24, 2.45) is 5.84 Å². The van der Waals surface area contributed by atoms with Crippen LogP contribution in [0.15, 0.2) is 55.3 Å². The smallest absolute Gasteiger partial charge is 0.303 e. The number of allylic oxidation sites excluding steroid dienone is 4. The molecule has 1 aromatic carbocycles. The van der Waals surface area contributed by atoms with E-state index in [2.05, 4.69) is 36.2 Å². The predicted octanol–water partition coefficient (Wildman–Crippen LogP) is 4.48. The summed E-state index contributed by atoms with van der Waals surface area (Å²) < 4.78 is 7.98. The summed E-state index contributed by atoms with van der Waals surface area (Å²) in [6.45, 7) is 14.5. The lowest BCUT2D eigenvalue weighted by Gasteiger charge is -2.07. The van der Waals surface area contributed by atoms with Gasteiger partial charge in [-0.2, -0.15) is 0 Å². The Balaban J connectivity index is 0.00000132. The lowest BCUT2D eigenvalue weighted by Crippen LogP contribution is -2.21. The van der Waals surface area contributed by atoms with E-state index in [-0.39, 0.29) is 6.42 Å². The van der Waals surface area contributed by atoms with Crippen LogP contribution in [0.5, 0.6) is 5.75 Å². The first-order chi connectivity index (χ1) is 13.9. The van der Waals surface area contributed by atoms with E-state index in [1.54, 1.807) is 6.08 Å². The summed E-state index contributed by atoms with van der Waals surface area (Å²) >= 11 is 0. The number of hydrazine groups is 1. The second-order valence-electron chi connectivity index (χ2n) is 6.60. The minimum atomic E-state index is -0.809. The van der Waals surface area contributed by atoms with E-state index >= 15 is 0 Å². The van der Waals surface area contributed by atoms with Gasteiger partial charge < -0.3 is 19.8 Å². The van der Waals surface area contributed by atoms with Crippen molar-refractivity contribution in [2.45, 2.75) is 46.6 Å². The number of rotatable bonds is 10. The molecule has 2 rings (SSSR count). The van der Waals surface area contributed by atoms with E-state index in [1.165, 1.54) is 0 Å². The van der Waals surface area contributed by atoms with Gasteiger partial charge in [0.25, 0.3) is 0 Å². The second kappa shape index (κ2) is 12.5. The number of benzene rings is 1. The van der Waals surface area contributed by atoms with Crippen LogP contribution in [0.1, 0.15) is 37.9 Å². The number of nitrogens with one attached hydrogen (secondary N) is 1. The fourth-order valence-electron chi connectivity index (χ4n) is 2.97. The van der Waals surface area contributed by atoms with Crippen molar-refractivity contribution >= 4 is 16.9 Å². The summed E-state index contributed by atoms with van der Waals surface area (Å²) in [6.07, 6.45) is 7.11. The van der Waals surface area contributed by atoms with Gasteiger partial charge in [-0.05, 0) is 51.0 Å². The number of nitrogens with zero attached hydrogens (tertiary/aromatic N) is 1. The molecule has 0 spiro atoms. The molecule has 0 fully saturated rings. The molecule has 0 amide bonds. The molecule has 0 aliphatic carbocycles. The molecular formula is C23H33N3O3. The molecule has 6 nitrogen and oxygen atoms in total. The Morgan fingerprint density at radius 2 is 2.07 bits per heavy atom. The summed E-state index contributed by atoms with van der Waals surface area (Å²) in [4.78, 5) is 10.6. The van der Waals surface area contributed by atoms with Gasteiger partial charge in [0.05, 0.1) is 6.61 Å². The van der Waals surface area contributed by atoms with E-state index in [4.69, 9.17) is 15.7 Å². The van der Waals surface area contributed by atoms with Gasteiger partial charge >= 0.3 is 5.97 Å². The van der Waals surface area contributed by atoms with E-state index < -0.39 is 5.97 Å². The lowest BCUT2D eigenvalue weighted by molar-refractivity contribution is -0.137. The number of hydrogen-bond donors (Lipinski definition) is 3. The SMILES string of the molecule is C=C(Cc1c(C)n(C/C=C/C)c2ccc(OCCCC(=O)O)cc12)NN.C=CC. The average molecular weight is 400 g/mol. The van der Waals surface area contributed by atoms with E-state index in [1.807, 2.05) is 38.1 Å². The van der Waals surface area contributed by atoms with E-state index in [0.29, 0.717) is 19.4 Å². The summed E-state index contributed by atoms with van der Waals surface area (Å²) in [5.74, 6) is 5.42. The number of ether oxygens (including phenoxy) is 1. The first kappa shape index (κ1) is 24.0. The molecule has 0 saturated carbocycles. The lowest BCUT2D eigenvalue weighted by atomic mass is 10.1. The van der Waals surface area contributed by atoms with Crippen LogP contribution in [-0.4, -0.2) is 22.2 Å². The minimum Gasteiger partial charge on any atom is -0.494 e. The van der Waals surface area contributed by atoms with Crippen LogP contribution in [0.2, 0.25) is 0 Å². The topological polar surface area (TPSA) is 89.5 Å². The Hall–Kier alpha value is -2.99. The fourth-order valence-corrected chi connectivity index (χ4v) is 2.97. The highest BCUT2D eigenvalue weighted by Gasteiger charge is 2.15. The zero-order valence-electron chi connectivity index (χ0n) is 17.7. The summed E-state index contributed by atoms with van der Waals surface area (Å²) in [5, 5.41) is 9.81. The number of carbonyl (C=O) groups is 1. The Morgan fingerprint density at radius 1 is 1.38 bits per heavy atom. The molecule has 29 heavy (non-hydrogen) atoms. The number of nitrogens with two attached hydrogens (primary N) is 1. The van der Waals surface area contributed by atoms with Crippen LogP contribution in [0.3, 0.4) is 0 Å². The highest BCUT2D eigenvalue weighted by Crippen LogP contribution is 2.31. The molecule has 0 aliphatic rings. The molecule has 2 aromatic rings. The zero-order valence-corrected chi connectivity index (χ0v) is 17.7. The molecule has 6 heteroatoms. The molecule has 0 saturated heterocycles. The van der Waals surface area contributed by atoms with E-state index in [0.717, 1.165) is 40.2 Å². The van der Waals surface area contributed by atoms with Crippen molar-refractivity contribution < 1.29 is 14.6 Å². The average Bonchev–Trinajstić information content (AvgIpc) is 2.94. The van der Waals surface area contributed by atoms with Crippen molar-refractivity contribution in [3.8, 4) is 5.75 Å². The number of carboxylic acids is 1. The van der Waals surface area contributed by atoms with Crippen LogP contribution in [0, 0.1) is 6.92 Å². The maximum Gasteiger partial charge on any atom is 0.303 e. The minimum absolute atomic E-state index is 0.105. The van der Waals surface area contributed by atoms with Gasteiger partial charge in [0.1, 0.15) is 5.75 Å². The molecule has 0 bridgehead atoms. The van der Waals surface area contributed by atoms with Crippen LogP contribution >= 0.6 is 0 Å². The van der Waals surface area contributed by atoms with Crippen molar-refractivity contribution in [2.75, 3.05) is 6.61 Å². The summed E-state index contributed by atoms with van der Waals surface area (Å²) in [6, 6.07) is 5.98. The predicted molar refractivity (Wildman–Crippen MR) is 120 cm³/mol. The largest absolute Gasteiger partial charge is 0.494 e. The van der Waals surface area contributed by atoms with Gasteiger partial charge in [-0.25, -0.2) is 0 Å². The molecule has 1 heterocycles. The number of aliphatic carboxylic acids is 1. The van der Waals surface area contributed by atoms with Crippen molar-refractivity contribution in [3.05, 3.63) is 66.5 Å². The Morgan fingerprint density at radius 3 is 2.66 bits per heavy atom. The molecule has 4 N–H and O–H groups in total. The highest BCUT2D eigenvalue weighted by atomic mass is 16.5. The van der Waals surface area contributed by atoms with Crippen molar-refractivity contribution in [1.82, 2.24) is 9.99 Å². The van der Waals surface area contributed by atoms with Crippen molar-refractivity contribution in [1.29, 1.82) is 0 Å². The normalized spacial score (nSPS) is 10.5. The first-order valence-corrected chi connectivity index (χ1v) is 9.68.